The number of ether oxygens (including phenoxy) is 1. The van der Waals surface area contributed by atoms with Crippen LogP contribution < -0.4 is 15.0 Å². The van der Waals surface area contributed by atoms with Gasteiger partial charge in [-0.1, -0.05) is 30.0 Å². The van der Waals surface area contributed by atoms with E-state index in [4.69, 9.17) is 4.74 Å². The zero-order chi connectivity index (χ0) is 19.4. The maximum Gasteiger partial charge on any atom is 0.248 e. The van der Waals surface area contributed by atoms with Crippen LogP contribution in [0.3, 0.4) is 0 Å². The first-order valence-electron chi connectivity index (χ1n) is 8.19. The van der Waals surface area contributed by atoms with E-state index in [1.807, 2.05) is 0 Å². The van der Waals surface area contributed by atoms with Crippen LogP contribution in [0.4, 0.5) is 15.8 Å². The fraction of sp³-hybridized carbons (Fsp3) is 0.211. The number of amides is 2. The fourth-order valence-electron chi connectivity index (χ4n) is 2.73. The van der Waals surface area contributed by atoms with Crippen molar-refractivity contribution >= 4 is 40.1 Å². The topological polar surface area (TPSA) is 71.0 Å². The number of nitrogens with zero attached hydrogens (tertiary/aromatic N) is 2. The monoisotopic (exact) mass is 387 g/mol. The standard InChI is InChI=1S/C19H18FN3O3S/c1-21-19(22-13-7-5-6-12(20)10-13)27-16-11-17(24)23(18(16)25)14-8-3-4-9-15(14)26-2/h3-10,16H,11H2,1-2H3,(H,21,22). The van der Waals surface area contributed by atoms with Crippen LogP contribution in [0.1, 0.15) is 6.42 Å². The fourth-order valence-corrected chi connectivity index (χ4v) is 3.71. The van der Waals surface area contributed by atoms with Gasteiger partial charge in [-0.25, -0.2) is 9.29 Å². The molecule has 1 saturated heterocycles. The lowest BCUT2D eigenvalue weighted by molar-refractivity contribution is -0.121. The van der Waals surface area contributed by atoms with Gasteiger partial charge in [0.1, 0.15) is 16.8 Å². The molecule has 2 aromatic rings. The molecule has 1 aliphatic rings. The van der Waals surface area contributed by atoms with E-state index in [9.17, 15) is 14.0 Å². The minimum Gasteiger partial charge on any atom is -0.495 e. The minimum atomic E-state index is -0.623. The summed E-state index contributed by atoms with van der Waals surface area (Å²) in [6, 6.07) is 12.8. The number of para-hydroxylation sites is 2. The molecule has 0 radical (unpaired) electrons. The molecule has 0 aliphatic carbocycles. The number of hydrogen-bond acceptors (Lipinski definition) is 5. The van der Waals surface area contributed by atoms with E-state index in [0.717, 1.165) is 16.7 Å². The summed E-state index contributed by atoms with van der Waals surface area (Å²) in [7, 11) is 3.05. The molecule has 0 spiro atoms. The second-order valence-corrected chi connectivity index (χ2v) is 6.91. The molecule has 1 aliphatic heterocycles. The maximum atomic E-state index is 13.3. The molecule has 1 atom stereocenters. The highest BCUT2D eigenvalue weighted by Gasteiger charge is 2.41. The van der Waals surface area contributed by atoms with Gasteiger partial charge in [0.15, 0.2) is 5.17 Å². The third-order valence-electron chi connectivity index (χ3n) is 3.96. The largest absolute Gasteiger partial charge is 0.495 e. The summed E-state index contributed by atoms with van der Waals surface area (Å²) in [4.78, 5) is 30.5. The molecule has 1 N–H and O–H groups in total. The quantitative estimate of drug-likeness (QED) is 0.495. The zero-order valence-electron chi connectivity index (χ0n) is 14.8. The Morgan fingerprint density at radius 3 is 2.74 bits per heavy atom. The van der Waals surface area contributed by atoms with E-state index < -0.39 is 5.25 Å². The Morgan fingerprint density at radius 2 is 2.04 bits per heavy atom. The molecule has 140 valence electrons. The van der Waals surface area contributed by atoms with E-state index >= 15 is 0 Å². The Kier molecular flexibility index (Phi) is 5.75. The summed E-state index contributed by atoms with van der Waals surface area (Å²) in [6.45, 7) is 0. The van der Waals surface area contributed by atoms with Gasteiger partial charge in [0.05, 0.1) is 12.8 Å². The Hall–Kier alpha value is -2.87. The molecular weight excluding hydrogens is 369 g/mol. The van der Waals surface area contributed by atoms with Crippen molar-refractivity contribution in [1.82, 2.24) is 0 Å². The van der Waals surface area contributed by atoms with Crippen LogP contribution in [0.15, 0.2) is 53.5 Å². The first-order chi connectivity index (χ1) is 13.0. The highest BCUT2D eigenvalue weighted by molar-refractivity contribution is 8.15. The van der Waals surface area contributed by atoms with Crippen LogP contribution in [-0.4, -0.2) is 36.4 Å². The van der Waals surface area contributed by atoms with Gasteiger partial charge in [0, 0.05) is 19.2 Å². The van der Waals surface area contributed by atoms with Gasteiger partial charge >= 0.3 is 0 Å². The second kappa shape index (κ2) is 8.22. The second-order valence-electron chi connectivity index (χ2n) is 5.71. The lowest BCUT2D eigenvalue weighted by atomic mass is 10.2. The molecule has 0 saturated carbocycles. The molecule has 1 heterocycles. The number of nitrogens with one attached hydrogen (secondary N) is 1. The lowest BCUT2D eigenvalue weighted by Gasteiger charge is -2.18. The van der Waals surface area contributed by atoms with E-state index in [1.54, 1.807) is 43.4 Å². The van der Waals surface area contributed by atoms with E-state index in [0.29, 0.717) is 22.3 Å². The Balaban J connectivity index is 1.76. The van der Waals surface area contributed by atoms with Crippen LogP contribution in [0.25, 0.3) is 0 Å². The number of carbonyl (C=O) groups excluding carboxylic acids is 2. The summed E-state index contributed by atoms with van der Waals surface area (Å²) < 4.78 is 18.6. The number of imide groups is 1. The highest BCUT2D eigenvalue weighted by Crippen LogP contribution is 2.35. The lowest BCUT2D eigenvalue weighted by Crippen LogP contribution is -2.32. The molecule has 0 aromatic heterocycles. The number of thioether (sulfide) groups is 1. The van der Waals surface area contributed by atoms with E-state index in [2.05, 4.69) is 10.3 Å². The molecule has 6 nitrogen and oxygen atoms in total. The summed E-state index contributed by atoms with van der Waals surface area (Å²) in [6.07, 6.45) is 0.0470. The third kappa shape index (κ3) is 4.11. The number of aliphatic imine (C=N–C) groups is 1. The van der Waals surface area contributed by atoms with Gasteiger partial charge in [-0.05, 0) is 30.3 Å². The Bertz CT molecular complexity index is 903. The van der Waals surface area contributed by atoms with Crippen LogP contribution in [0, 0.1) is 5.82 Å². The number of amidine groups is 1. The highest BCUT2D eigenvalue weighted by atomic mass is 32.2. The van der Waals surface area contributed by atoms with Crippen molar-refractivity contribution in [1.29, 1.82) is 0 Å². The first-order valence-corrected chi connectivity index (χ1v) is 9.07. The molecule has 2 aromatic carbocycles. The van der Waals surface area contributed by atoms with Gasteiger partial charge in [-0.2, -0.15) is 0 Å². The molecule has 0 bridgehead atoms. The average Bonchev–Trinajstić information content (AvgIpc) is 2.94. The Labute approximate surface area is 160 Å². The number of anilines is 2. The first kappa shape index (κ1) is 18.9. The van der Waals surface area contributed by atoms with E-state index in [-0.39, 0.29) is 24.1 Å². The van der Waals surface area contributed by atoms with Gasteiger partial charge < -0.3 is 10.1 Å². The van der Waals surface area contributed by atoms with Crippen LogP contribution in [-0.2, 0) is 9.59 Å². The van der Waals surface area contributed by atoms with Crippen molar-refractivity contribution < 1.29 is 18.7 Å². The summed E-state index contributed by atoms with van der Waals surface area (Å²) in [5, 5.41) is 2.78. The van der Waals surface area contributed by atoms with Crippen LogP contribution >= 0.6 is 11.8 Å². The molecule has 1 unspecified atom stereocenters. The van der Waals surface area contributed by atoms with Gasteiger partial charge in [0.25, 0.3) is 0 Å². The number of rotatable bonds is 4. The van der Waals surface area contributed by atoms with E-state index in [1.165, 1.54) is 19.2 Å². The molecule has 27 heavy (non-hydrogen) atoms. The maximum absolute atomic E-state index is 13.3. The van der Waals surface area contributed by atoms with Gasteiger partial charge in [0.2, 0.25) is 11.8 Å². The van der Waals surface area contributed by atoms with Crippen molar-refractivity contribution in [2.75, 3.05) is 24.4 Å². The molecule has 8 heteroatoms. The molecular formula is C19H18FN3O3S. The van der Waals surface area contributed by atoms with Crippen molar-refractivity contribution in [2.24, 2.45) is 4.99 Å². The van der Waals surface area contributed by atoms with Crippen molar-refractivity contribution in [3.05, 3.63) is 54.3 Å². The van der Waals surface area contributed by atoms with Crippen LogP contribution in [0.2, 0.25) is 0 Å². The predicted molar refractivity (Wildman–Crippen MR) is 105 cm³/mol. The minimum absolute atomic E-state index is 0.0470. The number of hydrogen-bond donors (Lipinski definition) is 1. The third-order valence-corrected chi connectivity index (χ3v) is 5.12. The number of halogens is 1. The summed E-state index contributed by atoms with van der Waals surface area (Å²) in [5.74, 6) is -0.568. The average molecular weight is 387 g/mol. The van der Waals surface area contributed by atoms with Crippen molar-refractivity contribution in [3.63, 3.8) is 0 Å². The van der Waals surface area contributed by atoms with Crippen molar-refractivity contribution in [3.8, 4) is 5.75 Å². The van der Waals surface area contributed by atoms with Crippen molar-refractivity contribution in [2.45, 2.75) is 11.7 Å². The Morgan fingerprint density at radius 1 is 1.26 bits per heavy atom. The van der Waals surface area contributed by atoms with Crippen LogP contribution in [0.5, 0.6) is 5.75 Å². The normalized spacial score (nSPS) is 17.4. The molecule has 3 rings (SSSR count). The molecule has 1 fully saturated rings. The van der Waals surface area contributed by atoms with Gasteiger partial charge in [-0.15, -0.1) is 0 Å². The summed E-state index contributed by atoms with van der Waals surface area (Å²) in [5.41, 5.74) is 0.938. The smallest absolute Gasteiger partial charge is 0.248 e. The van der Waals surface area contributed by atoms with Gasteiger partial charge in [-0.3, -0.25) is 14.6 Å². The number of methoxy groups -OCH3 is 1. The zero-order valence-corrected chi connectivity index (χ0v) is 15.6. The SMILES string of the molecule is CN=C(Nc1cccc(F)c1)SC1CC(=O)N(c2ccccc2OC)C1=O. The summed E-state index contributed by atoms with van der Waals surface area (Å²) >= 11 is 1.14. The number of carbonyl (C=O) groups is 2. The number of benzene rings is 2. The molecule has 2 amide bonds. The predicted octanol–water partition coefficient (Wildman–Crippen LogP) is 3.30.